The van der Waals surface area contributed by atoms with Crippen molar-refractivity contribution >= 4 is 45.7 Å². The monoisotopic (exact) mass is 935 g/mol. The molecule has 0 N–H and O–H groups in total. The predicted octanol–water partition coefficient (Wildman–Crippen LogP) is 13.6. The van der Waals surface area contributed by atoms with E-state index < -0.39 is 5.41 Å². The summed E-state index contributed by atoms with van der Waals surface area (Å²) in [5.41, 5.74) is 22.8. The molecule has 8 aromatic rings. The second-order valence-electron chi connectivity index (χ2n) is 24.1. The van der Waals surface area contributed by atoms with Crippen molar-refractivity contribution in [2.45, 2.75) is 115 Å². The van der Waals surface area contributed by atoms with Crippen LogP contribution in [-0.2, 0) is 11.8 Å². The average Bonchev–Trinajstić information content (AvgIpc) is 4.15. The van der Waals surface area contributed by atoms with Crippen LogP contribution < -0.4 is 21.2 Å². The molecule has 5 nitrogen and oxygen atoms in total. The first kappa shape index (κ1) is 40.8. The molecule has 3 aliphatic heterocycles. The van der Waals surface area contributed by atoms with Gasteiger partial charge >= 0.3 is 6.85 Å². The molecule has 3 fully saturated rings. The van der Waals surface area contributed by atoms with Crippen molar-refractivity contribution in [1.82, 2.24) is 13.8 Å². The van der Waals surface area contributed by atoms with Crippen molar-refractivity contribution in [3.8, 4) is 28.3 Å². The van der Waals surface area contributed by atoms with Gasteiger partial charge in [0, 0.05) is 34.3 Å². The number of aryl methyl sites for hydroxylation is 1. The van der Waals surface area contributed by atoms with Gasteiger partial charge in [-0.3, -0.25) is 14.1 Å². The first-order valence-corrected chi connectivity index (χ1v) is 27.5. The number of fused-ring (bicyclic) bond motifs is 20. The normalized spacial score (nSPS) is 25.9. The molecule has 0 amide bonds. The number of benzene rings is 6. The van der Waals surface area contributed by atoms with E-state index in [-0.39, 0.29) is 12.4 Å². The molecule has 6 unspecified atom stereocenters. The van der Waals surface area contributed by atoms with Gasteiger partial charge in [-0.05, 0) is 196 Å². The zero-order valence-corrected chi connectivity index (χ0v) is 41.8. The lowest BCUT2D eigenvalue weighted by Crippen LogP contribution is -2.61. The molecule has 3 bridgehead atoms. The van der Waals surface area contributed by atoms with Gasteiger partial charge in [0.1, 0.15) is 11.5 Å². The average molecular weight is 936 g/mol. The largest absolute Gasteiger partial charge is 0.461 e. The lowest BCUT2D eigenvalue weighted by Gasteiger charge is -2.48. The van der Waals surface area contributed by atoms with Crippen LogP contribution in [0.5, 0.6) is 5.75 Å². The van der Waals surface area contributed by atoms with E-state index in [0.717, 1.165) is 76.9 Å². The van der Waals surface area contributed by atoms with Gasteiger partial charge in [-0.2, -0.15) is 0 Å². The Labute approximate surface area is 421 Å². The number of rotatable bonds is 4. The third-order valence-corrected chi connectivity index (χ3v) is 20.4. The van der Waals surface area contributed by atoms with Crippen LogP contribution in [0.1, 0.15) is 153 Å². The molecule has 2 aromatic heterocycles. The molecule has 2 spiro atoms. The smallest absolute Gasteiger partial charge is 0.354 e. The van der Waals surface area contributed by atoms with Gasteiger partial charge in [-0.1, -0.05) is 119 Å². The summed E-state index contributed by atoms with van der Waals surface area (Å²) in [5, 5.41) is 2.20. The summed E-state index contributed by atoms with van der Waals surface area (Å²) >= 11 is 0. The number of allylic oxidation sites excluding steroid dienone is 5. The third kappa shape index (κ3) is 4.78. The highest BCUT2D eigenvalue weighted by molar-refractivity contribution is 6.87. The highest BCUT2D eigenvalue weighted by Crippen LogP contribution is 2.76. The maximum atomic E-state index is 16.2. The van der Waals surface area contributed by atoms with Gasteiger partial charge in [0.2, 0.25) is 0 Å². The molecule has 9 aliphatic rings. The molecule has 5 heterocycles. The zero-order chi connectivity index (χ0) is 47.7. The maximum Gasteiger partial charge on any atom is 0.354 e. The van der Waals surface area contributed by atoms with E-state index in [2.05, 4.69) is 175 Å². The third-order valence-electron chi connectivity index (χ3n) is 20.4. The van der Waals surface area contributed by atoms with E-state index in [4.69, 9.17) is 4.74 Å². The van der Waals surface area contributed by atoms with Crippen LogP contribution in [0.2, 0.25) is 0 Å². The number of hydrogen-bond donors (Lipinski definition) is 0. The van der Waals surface area contributed by atoms with E-state index in [0.29, 0.717) is 29.1 Å². The molecule has 6 aliphatic carbocycles. The van der Waals surface area contributed by atoms with E-state index in [9.17, 15) is 0 Å². The standard InChI is InChI=1S/C66H58BN3O2/c1-36(2)44-16-13-17-45(37(3)4)62(44)38-24-25-51-55(28-38)67-63-54(66(51)52-18-7-11-22-60(52)72-61-23-12-8-19-53(61)66)30-43(68-56-20-9-5-14-46(56)47-15-6-10-21-57(47)68)31-59(63)69-58-33-49-40-27-42-29-41-26-39(34-65(41,42)35-40)48(49)32-50(58)64(71)70(67)69/h5,7-11,13-14,16-22,24-25,28,30-33,36-37,39-42H,6,12,15,23,26-27,29,34-35H2,1-4H3. The van der Waals surface area contributed by atoms with Crippen LogP contribution in [0.15, 0.2) is 144 Å². The van der Waals surface area contributed by atoms with Gasteiger partial charge in [0.25, 0.3) is 5.56 Å². The number of nitrogens with zero attached hydrogens (tertiary/aromatic N) is 3. The highest BCUT2D eigenvalue weighted by Gasteiger charge is 2.66. The van der Waals surface area contributed by atoms with Crippen molar-refractivity contribution in [2.24, 2.45) is 17.3 Å². The Morgan fingerprint density at radius 3 is 2.25 bits per heavy atom. The van der Waals surface area contributed by atoms with Gasteiger partial charge < -0.3 is 9.30 Å². The summed E-state index contributed by atoms with van der Waals surface area (Å²) in [6.07, 6.45) is 20.0. The minimum atomic E-state index is -0.735. The second kappa shape index (κ2) is 13.8. The summed E-state index contributed by atoms with van der Waals surface area (Å²) in [4.78, 5) is 16.2. The molecule has 6 atom stereocenters. The Bertz CT molecular complexity index is 3960. The first-order chi connectivity index (χ1) is 35.2. The lowest BCUT2D eigenvalue weighted by atomic mass is 9.39. The van der Waals surface area contributed by atoms with E-state index in [1.165, 1.54) is 115 Å². The topological polar surface area (TPSA) is 41.1 Å². The second-order valence-corrected chi connectivity index (χ2v) is 24.1. The molecular formula is C66H58BN3O2. The van der Waals surface area contributed by atoms with E-state index in [1.54, 1.807) is 0 Å². The summed E-state index contributed by atoms with van der Waals surface area (Å²) in [6, 6.07) is 42.2. The van der Waals surface area contributed by atoms with Gasteiger partial charge in [0.15, 0.2) is 0 Å². The molecule has 3 saturated carbocycles. The Kier molecular flexibility index (Phi) is 7.83. The molecule has 72 heavy (non-hydrogen) atoms. The molecule has 17 rings (SSSR count). The van der Waals surface area contributed by atoms with E-state index in [1.807, 2.05) is 0 Å². The predicted molar refractivity (Wildman–Crippen MR) is 293 cm³/mol. The van der Waals surface area contributed by atoms with E-state index >= 15 is 4.79 Å². The highest BCUT2D eigenvalue weighted by atomic mass is 16.5. The van der Waals surface area contributed by atoms with Crippen LogP contribution >= 0.6 is 0 Å². The van der Waals surface area contributed by atoms with Crippen LogP contribution in [0, 0.1) is 17.3 Å². The number of ether oxygens (including phenoxy) is 1. The van der Waals surface area contributed by atoms with Crippen LogP contribution in [0.25, 0.3) is 50.4 Å². The SMILES string of the molecule is CC(C)c1cccc(C(C)C)c1-c1ccc2c(c1)B1c3c(cc(-n4c5c(c6ccccc64)CCC=C5)cc3C23C2=C(CCC=C2)Oc2ccccc23)-n2c3cc4c(cc3c(=O)n21)C1CC2CC3CC4CC23C1. The molecule has 6 aromatic carbocycles. The summed E-state index contributed by atoms with van der Waals surface area (Å²) < 4.78 is 14.3. The molecular weight excluding hydrogens is 878 g/mol. The van der Waals surface area contributed by atoms with Gasteiger partial charge in [-0.25, -0.2) is 0 Å². The number of para-hydroxylation sites is 2. The Hall–Kier alpha value is -6.79. The fourth-order valence-corrected chi connectivity index (χ4v) is 17.6. The molecule has 6 heteroatoms. The minimum absolute atomic E-state index is 0.127. The molecule has 0 saturated heterocycles. The summed E-state index contributed by atoms with van der Waals surface area (Å²) in [5.74, 6) is 5.51. The Balaban J connectivity index is 1.04. The summed E-state index contributed by atoms with van der Waals surface area (Å²) in [7, 11) is 0. The van der Waals surface area contributed by atoms with Crippen molar-refractivity contribution in [1.29, 1.82) is 0 Å². The van der Waals surface area contributed by atoms with Gasteiger partial charge in [-0.15, -0.1) is 0 Å². The maximum absolute atomic E-state index is 16.2. The minimum Gasteiger partial charge on any atom is -0.461 e. The van der Waals surface area contributed by atoms with Crippen molar-refractivity contribution < 1.29 is 4.74 Å². The van der Waals surface area contributed by atoms with Crippen molar-refractivity contribution in [3.05, 3.63) is 199 Å². The zero-order valence-electron chi connectivity index (χ0n) is 41.8. The fourth-order valence-electron chi connectivity index (χ4n) is 17.6. The van der Waals surface area contributed by atoms with Crippen LogP contribution in [-0.4, -0.2) is 20.7 Å². The van der Waals surface area contributed by atoms with Crippen LogP contribution in [0.4, 0.5) is 0 Å². The molecule has 352 valence electrons. The number of hydrogen-bond acceptors (Lipinski definition) is 2. The van der Waals surface area contributed by atoms with Gasteiger partial charge in [0.05, 0.1) is 27.5 Å². The lowest BCUT2D eigenvalue weighted by molar-refractivity contribution is 0.00322. The first-order valence-electron chi connectivity index (χ1n) is 27.5. The Morgan fingerprint density at radius 2 is 1.43 bits per heavy atom. The Morgan fingerprint density at radius 1 is 0.681 bits per heavy atom. The fraction of sp³-hybridized carbons (Fsp3) is 0.318. The molecule has 0 radical (unpaired) electrons. The van der Waals surface area contributed by atoms with Crippen molar-refractivity contribution in [3.63, 3.8) is 0 Å². The quantitative estimate of drug-likeness (QED) is 0.165. The summed E-state index contributed by atoms with van der Waals surface area (Å²) in [6.45, 7) is 8.97. The number of aromatic nitrogens is 3. The van der Waals surface area contributed by atoms with Crippen LogP contribution in [0.3, 0.4) is 0 Å². The van der Waals surface area contributed by atoms with Crippen molar-refractivity contribution in [2.75, 3.05) is 0 Å².